The van der Waals surface area contributed by atoms with Crippen LogP contribution in [0.1, 0.15) is 0 Å². The molecule has 2 amide bonds. The first-order chi connectivity index (χ1) is 16.0. The normalized spacial score (nSPS) is 10.5. The van der Waals surface area contributed by atoms with Crippen molar-refractivity contribution in [2.75, 3.05) is 24.4 Å². The van der Waals surface area contributed by atoms with E-state index in [4.69, 9.17) is 21.3 Å². The zero-order chi connectivity index (χ0) is 23.2. The fraction of sp³-hybridized carbons (Fsp3) is 0.0800. The third kappa shape index (κ3) is 5.58. The smallest absolute Gasteiger partial charge is 0.343 e. The van der Waals surface area contributed by atoms with Gasteiger partial charge in [-0.05, 0) is 42.5 Å². The van der Waals surface area contributed by atoms with E-state index in [-0.39, 0.29) is 6.61 Å². The number of anilines is 2. The highest BCUT2D eigenvalue weighted by atomic mass is 35.5. The zero-order valence-electron chi connectivity index (χ0n) is 17.7. The molecule has 1 aromatic heterocycles. The van der Waals surface area contributed by atoms with Crippen molar-refractivity contribution in [1.82, 2.24) is 4.98 Å². The number of esters is 1. The maximum Gasteiger partial charge on any atom is 0.343 e. The monoisotopic (exact) mass is 461 g/mol. The van der Waals surface area contributed by atoms with Gasteiger partial charge in [0.25, 0.3) is 0 Å². The number of aromatic nitrogens is 1. The lowest BCUT2D eigenvalue weighted by molar-refractivity contribution is -0.142. The van der Waals surface area contributed by atoms with Crippen LogP contribution in [0.5, 0.6) is 5.75 Å². The van der Waals surface area contributed by atoms with Crippen molar-refractivity contribution in [3.63, 3.8) is 0 Å². The number of urea groups is 1. The summed E-state index contributed by atoms with van der Waals surface area (Å²) in [7, 11) is 1.30. The molecule has 166 valence electrons. The summed E-state index contributed by atoms with van der Waals surface area (Å²) in [5, 5.41) is 6.75. The topological polar surface area (TPSA) is 89.6 Å². The van der Waals surface area contributed by atoms with Crippen molar-refractivity contribution < 1.29 is 19.1 Å². The number of nitrogens with zero attached hydrogens (tertiary/aromatic N) is 1. The van der Waals surface area contributed by atoms with E-state index in [1.165, 1.54) is 7.11 Å². The predicted octanol–water partition coefficient (Wildman–Crippen LogP) is 5.75. The Morgan fingerprint density at radius 2 is 1.61 bits per heavy atom. The number of fused-ring (bicyclic) bond motifs is 1. The van der Waals surface area contributed by atoms with Crippen molar-refractivity contribution in [3.05, 3.63) is 83.9 Å². The van der Waals surface area contributed by atoms with Crippen LogP contribution in [0.25, 0.3) is 22.2 Å². The van der Waals surface area contributed by atoms with E-state index in [0.29, 0.717) is 38.7 Å². The van der Waals surface area contributed by atoms with Crippen molar-refractivity contribution in [3.8, 4) is 17.0 Å². The molecule has 4 aromatic rings. The lowest BCUT2D eigenvalue weighted by Gasteiger charge is -2.13. The fourth-order valence-corrected chi connectivity index (χ4v) is 3.30. The van der Waals surface area contributed by atoms with Gasteiger partial charge in [-0.2, -0.15) is 0 Å². The minimum atomic E-state index is -0.502. The number of methoxy groups -OCH3 is 1. The van der Waals surface area contributed by atoms with E-state index in [1.807, 2.05) is 30.3 Å². The molecule has 2 N–H and O–H groups in total. The van der Waals surface area contributed by atoms with E-state index in [1.54, 1.807) is 48.5 Å². The summed E-state index contributed by atoms with van der Waals surface area (Å²) >= 11 is 5.88. The molecular formula is C25H20ClN3O4. The number of carbonyl (C=O) groups excluding carboxylic acids is 2. The molecular weight excluding hydrogens is 442 g/mol. The van der Waals surface area contributed by atoms with Crippen LogP contribution in [0.4, 0.5) is 16.2 Å². The number of carbonyl (C=O) groups is 2. The van der Waals surface area contributed by atoms with Crippen LogP contribution < -0.4 is 15.4 Å². The first-order valence-corrected chi connectivity index (χ1v) is 10.4. The number of hydrogen-bond acceptors (Lipinski definition) is 5. The molecule has 0 saturated heterocycles. The van der Waals surface area contributed by atoms with E-state index < -0.39 is 12.0 Å². The Morgan fingerprint density at radius 3 is 2.33 bits per heavy atom. The molecule has 0 aliphatic carbocycles. The molecule has 33 heavy (non-hydrogen) atoms. The number of hydrogen-bond donors (Lipinski definition) is 2. The maximum atomic E-state index is 12.4. The van der Waals surface area contributed by atoms with E-state index in [2.05, 4.69) is 15.4 Å². The van der Waals surface area contributed by atoms with Gasteiger partial charge in [-0.15, -0.1) is 0 Å². The van der Waals surface area contributed by atoms with Crippen LogP contribution in [0.2, 0.25) is 5.02 Å². The molecule has 3 aromatic carbocycles. The Balaban J connectivity index is 1.63. The van der Waals surface area contributed by atoms with Gasteiger partial charge >= 0.3 is 12.0 Å². The highest BCUT2D eigenvalue weighted by Gasteiger charge is 2.13. The number of nitrogens with one attached hydrogen (secondary N) is 2. The van der Waals surface area contributed by atoms with Crippen molar-refractivity contribution in [1.29, 1.82) is 0 Å². The standard InChI is InChI=1S/C25H20ClN3O4/c1-32-24(30)15-33-23-14-22(16-5-3-2-4-6-16)29-21-12-11-19(13-20(21)23)28-25(31)27-18-9-7-17(26)8-10-18/h2-14H,15H2,1H3,(H2,27,28,31). The third-order valence-electron chi connectivity index (χ3n) is 4.77. The lowest BCUT2D eigenvalue weighted by atomic mass is 10.1. The number of amides is 2. The van der Waals surface area contributed by atoms with Crippen LogP contribution in [0.3, 0.4) is 0 Å². The van der Waals surface area contributed by atoms with E-state index in [0.717, 1.165) is 5.56 Å². The average molecular weight is 462 g/mol. The van der Waals surface area contributed by atoms with E-state index in [9.17, 15) is 9.59 Å². The van der Waals surface area contributed by atoms with Crippen LogP contribution >= 0.6 is 11.6 Å². The maximum absolute atomic E-state index is 12.4. The second-order valence-corrected chi connectivity index (χ2v) is 7.49. The summed E-state index contributed by atoms with van der Waals surface area (Å²) < 4.78 is 10.4. The van der Waals surface area contributed by atoms with Crippen LogP contribution in [-0.2, 0) is 9.53 Å². The summed E-state index contributed by atoms with van der Waals surface area (Å²) in [5.41, 5.74) is 3.40. The molecule has 0 bridgehead atoms. The summed E-state index contributed by atoms with van der Waals surface area (Å²) in [6.45, 7) is -0.251. The Kier molecular flexibility index (Phi) is 6.71. The molecule has 0 spiro atoms. The molecule has 0 fully saturated rings. The van der Waals surface area contributed by atoms with Crippen LogP contribution in [0.15, 0.2) is 78.9 Å². The highest BCUT2D eigenvalue weighted by molar-refractivity contribution is 6.30. The van der Waals surface area contributed by atoms with Crippen molar-refractivity contribution >= 4 is 45.9 Å². The fourth-order valence-electron chi connectivity index (χ4n) is 3.17. The van der Waals surface area contributed by atoms with Crippen LogP contribution in [-0.4, -0.2) is 30.7 Å². The summed E-state index contributed by atoms with van der Waals surface area (Å²) in [6, 6.07) is 23.0. The largest absolute Gasteiger partial charge is 0.481 e. The minimum absolute atomic E-state index is 0.251. The minimum Gasteiger partial charge on any atom is -0.481 e. The van der Waals surface area contributed by atoms with Gasteiger partial charge in [-0.25, -0.2) is 14.6 Å². The molecule has 0 unspecified atom stereocenters. The van der Waals surface area contributed by atoms with Gasteiger partial charge in [0.1, 0.15) is 5.75 Å². The molecule has 0 saturated carbocycles. The number of ether oxygens (including phenoxy) is 2. The summed E-state index contributed by atoms with van der Waals surface area (Å²) in [5.74, 6) is -0.0520. The molecule has 0 atom stereocenters. The van der Waals surface area contributed by atoms with Gasteiger partial charge in [0.05, 0.1) is 18.3 Å². The first kappa shape index (κ1) is 22.1. The lowest BCUT2D eigenvalue weighted by Crippen LogP contribution is -2.19. The van der Waals surface area contributed by atoms with E-state index >= 15 is 0 Å². The van der Waals surface area contributed by atoms with Crippen LogP contribution in [0, 0.1) is 0 Å². The third-order valence-corrected chi connectivity index (χ3v) is 5.03. The van der Waals surface area contributed by atoms with Gasteiger partial charge in [0.15, 0.2) is 6.61 Å². The van der Waals surface area contributed by atoms with Gasteiger partial charge in [0.2, 0.25) is 0 Å². The van der Waals surface area contributed by atoms with Gasteiger partial charge < -0.3 is 20.1 Å². The Bertz CT molecular complexity index is 1290. The molecule has 0 aliphatic heterocycles. The van der Waals surface area contributed by atoms with Gasteiger partial charge in [-0.3, -0.25) is 0 Å². The molecule has 0 radical (unpaired) electrons. The Morgan fingerprint density at radius 1 is 0.909 bits per heavy atom. The zero-order valence-corrected chi connectivity index (χ0v) is 18.4. The molecule has 1 heterocycles. The average Bonchev–Trinajstić information content (AvgIpc) is 2.84. The number of halogens is 1. The van der Waals surface area contributed by atoms with Crippen molar-refractivity contribution in [2.45, 2.75) is 0 Å². The first-order valence-electron chi connectivity index (χ1n) is 10.1. The Labute approximate surface area is 195 Å². The number of benzene rings is 3. The van der Waals surface area contributed by atoms with Gasteiger partial charge in [0, 0.05) is 33.4 Å². The molecule has 7 nitrogen and oxygen atoms in total. The quantitative estimate of drug-likeness (QED) is 0.357. The number of pyridine rings is 1. The second kappa shape index (κ2) is 10.0. The highest BCUT2D eigenvalue weighted by Crippen LogP contribution is 2.32. The second-order valence-electron chi connectivity index (χ2n) is 7.05. The predicted molar refractivity (Wildman–Crippen MR) is 129 cm³/mol. The summed E-state index contributed by atoms with van der Waals surface area (Å²) in [4.78, 5) is 28.8. The van der Waals surface area contributed by atoms with Crippen molar-refractivity contribution in [2.24, 2.45) is 0 Å². The Hall–Kier alpha value is -4.10. The molecule has 0 aliphatic rings. The SMILES string of the molecule is COC(=O)COc1cc(-c2ccccc2)nc2ccc(NC(=O)Nc3ccc(Cl)cc3)cc12. The number of rotatable bonds is 6. The summed E-state index contributed by atoms with van der Waals surface area (Å²) in [6.07, 6.45) is 0. The molecule has 4 rings (SSSR count). The molecule has 8 heteroatoms. The van der Waals surface area contributed by atoms with Gasteiger partial charge in [-0.1, -0.05) is 41.9 Å².